The Morgan fingerprint density at radius 3 is 2.67 bits per heavy atom. The van der Waals surface area contributed by atoms with Gasteiger partial charge in [-0.15, -0.1) is 0 Å². The number of hydrogen-bond acceptors (Lipinski definition) is 4. The molecule has 0 radical (unpaired) electrons. The van der Waals surface area contributed by atoms with E-state index in [1.54, 1.807) is 0 Å². The van der Waals surface area contributed by atoms with E-state index in [9.17, 15) is 13.2 Å². The maximum atomic E-state index is 13.2. The van der Waals surface area contributed by atoms with Gasteiger partial charge in [0.1, 0.15) is 23.5 Å². The molecule has 3 heterocycles. The van der Waals surface area contributed by atoms with Gasteiger partial charge < -0.3 is 15.0 Å². The van der Waals surface area contributed by atoms with Crippen molar-refractivity contribution in [2.24, 2.45) is 11.8 Å². The van der Waals surface area contributed by atoms with E-state index in [1.165, 1.54) is 17.5 Å². The Hall–Kier alpha value is -2.61. The van der Waals surface area contributed by atoms with Crippen LogP contribution in [0.5, 0.6) is 0 Å². The van der Waals surface area contributed by atoms with Crippen LogP contribution in [-0.2, 0) is 17.3 Å². The second-order valence-corrected chi connectivity index (χ2v) is 8.14. The number of ether oxygens (including phenoxy) is 1. The van der Waals surface area contributed by atoms with Crippen molar-refractivity contribution < 1.29 is 17.9 Å². The number of nitrogens with zero attached hydrogens (tertiary/aromatic N) is 2. The van der Waals surface area contributed by atoms with Crippen LogP contribution in [0.15, 0.2) is 36.7 Å². The Morgan fingerprint density at radius 1 is 1.07 bits per heavy atom. The van der Waals surface area contributed by atoms with Crippen LogP contribution in [0, 0.1) is 11.8 Å². The molecule has 0 unspecified atom stereocenters. The van der Waals surface area contributed by atoms with E-state index in [2.05, 4.69) is 32.4 Å². The third kappa shape index (κ3) is 3.53. The Kier molecular flexibility index (Phi) is 4.89. The average molecular weight is 416 g/mol. The number of rotatable bonds is 3. The molecule has 1 aliphatic carbocycles. The Labute approximate surface area is 172 Å². The second kappa shape index (κ2) is 7.58. The number of aromatic amines is 1. The zero-order valence-corrected chi connectivity index (χ0v) is 16.4. The zero-order valence-electron chi connectivity index (χ0n) is 16.4. The maximum Gasteiger partial charge on any atom is 0.431 e. The molecule has 5 nitrogen and oxygen atoms in total. The van der Waals surface area contributed by atoms with Crippen molar-refractivity contribution in [3.05, 3.63) is 53.5 Å². The quantitative estimate of drug-likeness (QED) is 0.622. The molecular formula is C22H23F3N4O. The number of aryl methyl sites for hydroxylation is 1. The SMILES string of the molecule is FC(F)(F)c1cc2c(N[C@H]3c4ccccc4CC[C@H]3C3CCOCC3)ncnc2[nH]1. The van der Waals surface area contributed by atoms with Crippen LogP contribution in [0.3, 0.4) is 0 Å². The zero-order chi connectivity index (χ0) is 20.7. The standard InChI is InChI=1S/C22H23F3N4O/c23-22(24,25)18-11-17-20(28-18)26-12-27-21(17)29-19-15-4-2-1-3-13(15)5-6-16(19)14-7-9-30-10-8-14/h1-4,11-12,14,16,19H,5-10H2,(H2,26,27,28,29)/t16-,19-/m0/s1. The second-order valence-electron chi connectivity index (χ2n) is 8.14. The van der Waals surface area contributed by atoms with Crippen molar-refractivity contribution in [3.63, 3.8) is 0 Å². The van der Waals surface area contributed by atoms with Crippen LogP contribution in [0.2, 0.25) is 0 Å². The molecule has 0 saturated carbocycles. The Balaban J connectivity index is 1.54. The number of H-pyrrole nitrogens is 1. The molecule has 0 spiro atoms. The normalized spacial score (nSPS) is 22.8. The molecule has 158 valence electrons. The van der Waals surface area contributed by atoms with Gasteiger partial charge in [-0.3, -0.25) is 0 Å². The van der Waals surface area contributed by atoms with E-state index in [4.69, 9.17) is 4.74 Å². The third-order valence-electron chi connectivity index (χ3n) is 6.46. The van der Waals surface area contributed by atoms with Gasteiger partial charge in [0, 0.05) is 13.2 Å². The predicted molar refractivity (Wildman–Crippen MR) is 107 cm³/mol. The fraction of sp³-hybridized carbons (Fsp3) is 0.455. The number of hydrogen-bond donors (Lipinski definition) is 2. The summed E-state index contributed by atoms with van der Waals surface area (Å²) < 4.78 is 45.2. The molecule has 1 fully saturated rings. The molecule has 8 heteroatoms. The predicted octanol–water partition coefficient (Wildman–Crippen LogP) is 5.12. The first-order valence-corrected chi connectivity index (χ1v) is 10.3. The maximum absolute atomic E-state index is 13.2. The first-order valence-electron chi connectivity index (χ1n) is 10.3. The van der Waals surface area contributed by atoms with Crippen LogP contribution >= 0.6 is 0 Å². The lowest BCUT2D eigenvalue weighted by atomic mass is 9.71. The molecule has 3 aromatic rings. The summed E-state index contributed by atoms with van der Waals surface area (Å²) in [6.45, 7) is 1.53. The molecule has 0 amide bonds. The first-order chi connectivity index (χ1) is 14.5. The van der Waals surface area contributed by atoms with Crippen LogP contribution in [0.1, 0.15) is 42.1 Å². The summed E-state index contributed by atoms with van der Waals surface area (Å²) in [5.74, 6) is 1.32. The molecule has 2 N–H and O–H groups in total. The fourth-order valence-corrected chi connectivity index (χ4v) is 4.98. The summed E-state index contributed by atoms with van der Waals surface area (Å²) in [6.07, 6.45) is 0.908. The molecule has 2 aromatic heterocycles. The van der Waals surface area contributed by atoms with Gasteiger partial charge in [0.05, 0.1) is 11.4 Å². The summed E-state index contributed by atoms with van der Waals surface area (Å²) >= 11 is 0. The summed E-state index contributed by atoms with van der Waals surface area (Å²) in [5, 5.41) is 3.87. The van der Waals surface area contributed by atoms with Crippen molar-refractivity contribution in [3.8, 4) is 0 Å². The first kappa shape index (κ1) is 19.4. The number of nitrogens with one attached hydrogen (secondary N) is 2. The lowest BCUT2D eigenvalue weighted by Crippen LogP contribution is -2.35. The number of halogens is 3. The largest absolute Gasteiger partial charge is 0.431 e. The van der Waals surface area contributed by atoms with Crippen LogP contribution in [-0.4, -0.2) is 28.2 Å². The molecule has 1 saturated heterocycles. The molecule has 30 heavy (non-hydrogen) atoms. The third-order valence-corrected chi connectivity index (χ3v) is 6.46. The van der Waals surface area contributed by atoms with E-state index in [0.29, 0.717) is 23.0 Å². The van der Waals surface area contributed by atoms with E-state index < -0.39 is 11.9 Å². The monoisotopic (exact) mass is 416 g/mol. The van der Waals surface area contributed by atoms with E-state index in [-0.39, 0.29) is 11.7 Å². The van der Waals surface area contributed by atoms with Crippen LogP contribution in [0.25, 0.3) is 11.0 Å². The molecule has 2 atom stereocenters. The highest BCUT2D eigenvalue weighted by Gasteiger charge is 2.37. The summed E-state index contributed by atoms with van der Waals surface area (Å²) in [7, 11) is 0. The smallest absolute Gasteiger partial charge is 0.381 e. The minimum absolute atomic E-state index is 0.0135. The summed E-state index contributed by atoms with van der Waals surface area (Å²) in [5.41, 5.74) is 1.87. The average Bonchev–Trinajstić information content (AvgIpc) is 3.21. The van der Waals surface area contributed by atoms with Crippen molar-refractivity contribution in [2.75, 3.05) is 18.5 Å². The van der Waals surface area contributed by atoms with Crippen molar-refractivity contribution in [2.45, 2.75) is 37.9 Å². The molecule has 5 rings (SSSR count). The minimum Gasteiger partial charge on any atom is -0.381 e. The van der Waals surface area contributed by atoms with Gasteiger partial charge in [0.2, 0.25) is 0 Å². The molecule has 0 bridgehead atoms. The van der Waals surface area contributed by atoms with E-state index in [0.717, 1.165) is 45.0 Å². The number of fused-ring (bicyclic) bond motifs is 2. The summed E-state index contributed by atoms with van der Waals surface area (Å²) in [6, 6.07) is 9.39. The van der Waals surface area contributed by atoms with Gasteiger partial charge in [-0.05, 0) is 54.7 Å². The summed E-state index contributed by atoms with van der Waals surface area (Å²) in [4.78, 5) is 10.7. The highest BCUT2D eigenvalue weighted by Crippen LogP contribution is 2.44. The van der Waals surface area contributed by atoms with Gasteiger partial charge in [-0.1, -0.05) is 24.3 Å². The molecule has 1 aromatic carbocycles. The topological polar surface area (TPSA) is 62.8 Å². The molecule has 2 aliphatic rings. The van der Waals surface area contributed by atoms with E-state index >= 15 is 0 Å². The van der Waals surface area contributed by atoms with Crippen molar-refractivity contribution >= 4 is 16.9 Å². The van der Waals surface area contributed by atoms with Crippen molar-refractivity contribution in [1.82, 2.24) is 15.0 Å². The number of alkyl halides is 3. The van der Waals surface area contributed by atoms with Gasteiger partial charge >= 0.3 is 6.18 Å². The molecule has 1 aliphatic heterocycles. The van der Waals surface area contributed by atoms with Crippen LogP contribution in [0.4, 0.5) is 19.0 Å². The van der Waals surface area contributed by atoms with Crippen LogP contribution < -0.4 is 5.32 Å². The van der Waals surface area contributed by atoms with Gasteiger partial charge in [0.15, 0.2) is 0 Å². The number of anilines is 1. The highest BCUT2D eigenvalue weighted by molar-refractivity contribution is 5.88. The highest BCUT2D eigenvalue weighted by atomic mass is 19.4. The Morgan fingerprint density at radius 2 is 1.87 bits per heavy atom. The van der Waals surface area contributed by atoms with E-state index in [1.807, 2.05) is 12.1 Å². The number of benzene rings is 1. The van der Waals surface area contributed by atoms with Gasteiger partial charge in [-0.2, -0.15) is 13.2 Å². The lowest BCUT2D eigenvalue weighted by molar-refractivity contribution is -0.140. The number of aromatic nitrogens is 3. The van der Waals surface area contributed by atoms with Gasteiger partial charge in [0.25, 0.3) is 0 Å². The van der Waals surface area contributed by atoms with Gasteiger partial charge in [-0.25, -0.2) is 9.97 Å². The lowest BCUT2D eigenvalue weighted by Gasteiger charge is -2.40. The minimum atomic E-state index is -4.46. The van der Waals surface area contributed by atoms with Crippen molar-refractivity contribution in [1.29, 1.82) is 0 Å². The Bertz CT molecular complexity index is 1040. The molecular weight excluding hydrogens is 393 g/mol. The fourth-order valence-electron chi connectivity index (χ4n) is 4.98.